The maximum atomic E-state index is 12.1. The zero-order chi connectivity index (χ0) is 11.5. The molecule has 0 saturated carbocycles. The van der Waals surface area contributed by atoms with Crippen LogP contribution in [0.25, 0.3) is 0 Å². The molecule has 1 heterocycles. The number of aryl methyl sites for hydroxylation is 1. The molecule has 0 radical (unpaired) electrons. The zero-order valence-corrected chi connectivity index (χ0v) is 11.3. The van der Waals surface area contributed by atoms with Crippen LogP contribution in [0.2, 0.25) is 0 Å². The molecule has 0 saturated heterocycles. The standard InChI is InChI=1S/C13H11BrOS/c1-2-9-4-3-5-10(6-9)13(15)11-7-12(14)16-8-11/h3-8H,2H2,1H3. The summed E-state index contributed by atoms with van der Waals surface area (Å²) in [5.41, 5.74) is 2.72. The topological polar surface area (TPSA) is 17.1 Å². The first-order valence-electron chi connectivity index (χ1n) is 5.08. The van der Waals surface area contributed by atoms with E-state index in [2.05, 4.69) is 22.9 Å². The Morgan fingerprint density at radius 1 is 1.31 bits per heavy atom. The van der Waals surface area contributed by atoms with Crippen LogP contribution in [0.1, 0.15) is 28.4 Å². The number of hydrogen-bond donors (Lipinski definition) is 0. The molecule has 2 aromatic rings. The zero-order valence-electron chi connectivity index (χ0n) is 8.87. The highest BCUT2D eigenvalue weighted by molar-refractivity contribution is 9.11. The normalized spacial score (nSPS) is 10.4. The third-order valence-electron chi connectivity index (χ3n) is 2.43. The third kappa shape index (κ3) is 2.42. The first-order valence-corrected chi connectivity index (χ1v) is 6.75. The van der Waals surface area contributed by atoms with Crippen molar-refractivity contribution in [3.63, 3.8) is 0 Å². The minimum atomic E-state index is 0.0947. The minimum absolute atomic E-state index is 0.0947. The molecular formula is C13H11BrOS. The molecule has 82 valence electrons. The lowest BCUT2D eigenvalue weighted by Crippen LogP contribution is -1.99. The van der Waals surface area contributed by atoms with Crippen LogP contribution in [-0.4, -0.2) is 5.78 Å². The number of thiophene rings is 1. The van der Waals surface area contributed by atoms with Crippen LogP contribution in [0, 0.1) is 0 Å². The van der Waals surface area contributed by atoms with E-state index in [9.17, 15) is 4.79 Å². The summed E-state index contributed by atoms with van der Waals surface area (Å²) < 4.78 is 0.988. The van der Waals surface area contributed by atoms with Gasteiger partial charge in [0.05, 0.1) is 3.79 Å². The van der Waals surface area contributed by atoms with Crippen molar-refractivity contribution in [1.29, 1.82) is 0 Å². The van der Waals surface area contributed by atoms with E-state index in [1.54, 1.807) is 0 Å². The molecule has 16 heavy (non-hydrogen) atoms. The van der Waals surface area contributed by atoms with Crippen molar-refractivity contribution in [3.8, 4) is 0 Å². The summed E-state index contributed by atoms with van der Waals surface area (Å²) in [7, 11) is 0. The lowest BCUT2D eigenvalue weighted by molar-refractivity contribution is 0.103. The van der Waals surface area contributed by atoms with Gasteiger partial charge in [0.1, 0.15) is 0 Å². The highest BCUT2D eigenvalue weighted by Crippen LogP contribution is 2.23. The predicted octanol–water partition coefficient (Wildman–Crippen LogP) is 4.30. The first kappa shape index (κ1) is 11.6. The maximum Gasteiger partial charge on any atom is 0.193 e. The molecule has 0 aliphatic heterocycles. The molecule has 3 heteroatoms. The number of halogens is 1. The van der Waals surface area contributed by atoms with Gasteiger partial charge in [-0.1, -0.05) is 25.1 Å². The minimum Gasteiger partial charge on any atom is -0.289 e. The second kappa shape index (κ2) is 4.93. The van der Waals surface area contributed by atoms with Crippen LogP contribution in [0.3, 0.4) is 0 Å². The van der Waals surface area contributed by atoms with Crippen LogP contribution in [0.4, 0.5) is 0 Å². The number of carbonyl (C=O) groups is 1. The van der Waals surface area contributed by atoms with Gasteiger partial charge in [-0.25, -0.2) is 0 Å². The quantitative estimate of drug-likeness (QED) is 0.771. The Balaban J connectivity index is 2.33. The molecule has 1 aromatic heterocycles. The fourth-order valence-electron chi connectivity index (χ4n) is 1.53. The summed E-state index contributed by atoms with van der Waals surface area (Å²) in [4.78, 5) is 12.1. The molecule has 0 aliphatic rings. The molecule has 0 N–H and O–H groups in total. The molecule has 0 amide bonds. The molecule has 0 unspecified atom stereocenters. The van der Waals surface area contributed by atoms with Crippen molar-refractivity contribution in [2.45, 2.75) is 13.3 Å². The van der Waals surface area contributed by atoms with Gasteiger partial charge in [-0.15, -0.1) is 11.3 Å². The molecule has 1 nitrogen and oxygen atoms in total. The van der Waals surface area contributed by atoms with Crippen molar-refractivity contribution in [1.82, 2.24) is 0 Å². The van der Waals surface area contributed by atoms with E-state index >= 15 is 0 Å². The molecule has 2 rings (SSSR count). The Hall–Kier alpha value is -0.930. The fourth-order valence-corrected chi connectivity index (χ4v) is 2.66. The first-order chi connectivity index (χ1) is 7.70. The second-order valence-corrected chi connectivity index (χ2v) is 5.81. The van der Waals surface area contributed by atoms with Gasteiger partial charge < -0.3 is 0 Å². The van der Waals surface area contributed by atoms with Gasteiger partial charge in [-0.2, -0.15) is 0 Å². The van der Waals surface area contributed by atoms with Crippen molar-refractivity contribution in [2.75, 3.05) is 0 Å². The van der Waals surface area contributed by atoms with Crippen molar-refractivity contribution in [3.05, 3.63) is 56.2 Å². The Kier molecular flexibility index (Phi) is 3.56. The van der Waals surface area contributed by atoms with Crippen molar-refractivity contribution < 1.29 is 4.79 Å². The van der Waals surface area contributed by atoms with E-state index in [0.717, 1.165) is 21.3 Å². The Morgan fingerprint density at radius 2 is 2.12 bits per heavy atom. The highest BCUT2D eigenvalue weighted by atomic mass is 79.9. The molecule has 0 spiro atoms. The van der Waals surface area contributed by atoms with Gasteiger partial charge in [0.15, 0.2) is 5.78 Å². The van der Waals surface area contributed by atoms with Gasteiger partial charge in [0.25, 0.3) is 0 Å². The number of rotatable bonds is 3. The van der Waals surface area contributed by atoms with E-state index < -0.39 is 0 Å². The smallest absolute Gasteiger partial charge is 0.193 e. The Bertz CT molecular complexity index is 516. The second-order valence-electron chi connectivity index (χ2n) is 3.52. The summed E-state index contributed by atoms with van der Waals surface area (Å²) in [6.07, 6.45) is 0.953. The monoisotopic (exact) mass is 294 g/mol. The number of ketones is 1. The van der Waals surface area contributed by atoms with Gasteiger partial charge in [0, 0.05) is 16.5 Å². The Morgan fingerprint density at radius 3 is 2.75 bits per heavy atom. The molecule has 0 fully saturated rings. The highest BCUT2D eigenvalue weighted by Gasteiger charge is 2.10. The lowest BCUT2D eigenvalue weighted by atomic mass is 10.0. The molecular weight excluding hydrogens is 284 g/mol. The van der Waals surface area contributed by atoms with E-state index in [1.807, 2.05) is 35.7 Å². The third-order valence-corrected chi connectivity index (χ3v) is 3.93. The van der Waals surface area contributed by atoms with Gasteiger partial charge >= 0.3 is 0 Å². The predicted molar refractivity (Wildman–Crippen MR) is 71.3 cm³/mol. The van der Waals surface area contributed by atoms with Crippen molar-refractivity contribution in [2.24, 2.45) is 0 Å². The summed E-state index contributed by atoms with van der Waals surface area (Å²) in [6, 6.07) is 9.68. The average Bonchev–Trinajstić information content (AvgIpc) is 2.75. The summed E-state index contributed by atoms with van der Waals surface area (Å²) in [6.45, 7) is 2.09. The summed E-state index contributed by atoms with van der Waals surface area (Å²) in [5.74, 6) is 0.0947. The van der Waals surface area contributed by atoms with E-state index in [1.165, 1.54) is 16.9 Å². The van der Waals surface area contributed by atoms with Crippen LogP contribution in [-0.2, 0) is 6.42 Å². The van der Waals surface area contributed by atoms with Crippen LogP contribution in [0.5, 0.6) is 0 Å². The van der Waals surface area contributed by atoms with Crippen LogP contribution < -0.4 is 0 Å². The average molecular weight is 295 g/mol. The van der Waals surface area contributed by atoms with E-state index in [0.29, 0.717) is 0 Å². The number of benzene rings is 1. The summed E-state index contributed by atoms with van der Waals surface area (Å²) >= 11 is 4.90. The van der Waals surface area contributed by atoms with Gasteiger partial charge in [-0.05, 0) is 40.0 Å². The number of hydrogen-bond acceptors (Lipinski definition) is 2. The Labute approximate surface area is 107 Å². The SMILES string of the molecule is CCc1cccc(C(=O)c2csc(Br)c2)c1. The summed E-state index contributed by atoms with van der Waals surface area (Å²) in [5, 5.41) is 1.88. The molecule has 0 atom stereocenters. The van der Waals surface area contributed by atoms with E-state index in [-0.39, 0.29) is 5.78 Å². The molecule has 0 bridgehead atoms. The van der Waals surface area contributed by atoms with Gasteiger partial charge in [-0.3, -0.25) is 4.79 Å². The van der Waals surface area contributed by atoms with E-state index in [4.69, 9.17) is 0 Å². The lowest BCUT2D eigenvalue weighted by Gasteiger charge is -2.01. The van der Waals surface area contributed by atoms with Gasteiger partial charge in [0.2, 0.25) is 0 Å². The maximum absolute atomic E-state index is 12.1. The largest absolute Gasteiger partial charge is 0.289 e. The van der Waals surface area contributed by atoms with Crippen LogP contribution >= 0.6 is 27.3 Å². The molecule has 1 aromatic carbocycles. The number of carbonyl (C=O) groups excluding carboxylic acids is 1. The van der Waals surface area contributed by atoms with Crippen molar-refractivity contribution >= 4 is 33.0 Å². The van der Waals surface area contributed by atoms with Crippen LogP contribution in [0.15, 0.2) is 39.5 Å². The fraction of sp³-hybridized carbons (Fsp3) is 0.154. The molecule has 0 aliphatic carbocycles.